The first-order valence-electron chi connectivity index (χ1n) is 7.90. The predicted octanol–water partition coefficient (Wildman–Crippen LogP) is 4.25. The molecular weight excluding hydrogens is 409 g/mol. The monoisotopic (exact) mass is 423 g/mol. The Morgan fingerprint density at radius 3 is 2.81 bits per heavy atom. The van der Waals surface area contributed by atoms with Gasteiger partial charge in [-0.25, -0.2) is 4.99 Å². The molecule has 1 saturated heterocycles. The van der Waals surface area contributed by atoms with Gasteiger partial charge >= 0.3 is 0 Å². The van der Waals surface area contributed by atoms with Gasteiger partial charge in [0.2, 0.25) is 11.8 Å². The molecule has 2 aromatic carbocycles. The van der Waals surface area contributed by atoms with Gasteiger partial charge in [-0.2, -0.15) is 0 Å². The highest BCUT2D eigenvalue weighted by molar-refractivity contribution is 8.15. The van der Waals surface area contributed by atoms with Gasteiger partial charge in [0.25, 0.3) is 0 Å². The Kier molecular flexibility index (Phi) is 6.26. The predicted molar refractivity (Wildman–Crippen MR) is 109 cm³/mol. The second-order valence-corrected chi connectivity index (χ2v) is 7.60. The van der Waals surface area contributed by atoms with Crippen LogP contribution >= 0.6 is 35.0 Å². The van der Waals surface area contributed by atoms with Crippen LogP contribution in [-0.2, 0) is 9.59 Å². The molecule has 1 heterocycles. The molecule has 2 N–H and O–H groups in total. The molecule has 0 aliphatic carbocycles. The molecule has 2 amide bonds. The number of amides is 2. The molecular formula is C18H15Cl2N3O3S. The number of carbonyl (C=O) groups excluding carboxylic acids is 2. The van der Waals surface area contributed by atoms with Crippen LogP contribution in [0.2, 0.25) is 10.0 Å². The molecule has 9 heteroatoms. The minimum atomic E-state index is -0.558. The number of aliphatic imine (C=N–C) groups is 1. The Labute approximate surface area is 170 Å². The van der Waals surface area contributed by atoms with E-state index in [1.165, 1.54) is 11.8 Å². The first kappa shape index (κ1) is 19.5. The lowest BCUT2D eigenvalue weighted by molar-refractivity contribution is -0.122. The molecule has 1 aliphatic rings. The summed E-state index contributed by atoms with van der Waals surface area (Å²) in [5.41, 5.74) is 1.17. The third-order valence-corrected chi connectivity index (χ3v) is 5.46. The zero-order valence-corrected chi connectivity index (χ0v) is 16.5. The van der Waals surface area contributed by atoms with Crippen LogP contribution in [0.5, 0.6) is 5.75 Å². The van der Waals surface area contributed by atoms with Gasteiger partial charge in [0.15, 0.2) is 5.17 Å². The van der Waals surface area contributed by atoms with Crippen molar-refractivity contribution in [2.75, 3.05) is 12.4 Å². The lowest BCUT2D eigenvalue weighted by Gasteiger charge is -2.08. The number of rotatable bonds is 5. The van der Waals surface area contributed by atoms with E-state index in [4.69, 9.17) is 27.9 Å². The van der Waals surface area contributed by atoms with E-state index in [9.17, 15) is 9.59 Å². The van der Waals surface area contributed by atoms with E-state index in [0.717, 1.165) is 0 Å². The Morgan fingerprint density at radius 1 is 1.26 bits per heavy atom. The van der Waals surface area contributed by atoms with Gasteiger partial charge < -0.3 is 15.4 Å². The Bertz CT molecular complexity index is 920. The van der Waals surface area contributed by atoms with E-state index in [2.05, 4.69) is 15.6 Å². The van der Waals surface area contributed by atoms with Gasteiger partial charge in [-0.3, -0.25) is 9.59 Å². The number of amidine groups is 1. The maximum atomic E-state index is 12.2. The fourth-order valence-electron chi connectivity index (χ4n) is 2.35. The number of carbonyl (C=O) groups is 2. The summed E-state index contributed by atoms with van der Waals surface area (Å²) in [4.78, 5) is 28.7. The maximum Gasteiger partial charge on any atom is 0.240 e. The van der Waals surface area contributed by atoms with Crippen molar-refractivity contribution in [2.24, 2.45) is 4.99 Å². The highest BCUT2D eigenvalue weighted by Gasteiger charge is 2.32. The van der Waals surface area contributed by atoms with Crippen molar-refractivity contribution in [1.29, 1.82) is 0 Å². The largest absolute Gasteiger partial charge is 0.497 e. The van der Waals surface area contributed by atoms with Crippen molar-refractivity contribution in [3.8, 4) is 5.75 Å². The fraction of sp³-hybridized carbons (Fsp3) is 0.167. The van der Waals surface area contributed by atoms with Gasteiger partial charge in [-0.1, -0.05) is 41.0 Å². The van der Waals surface area contributed by atoms with Crippen LogP contribution in [0.4, 0.5) is 11.4 Å². The van der Waals surface area contributed by atoms with Crippen LogP contribution in [0.15, 0.2) is 47.5 Å². The molecule has 1 aliphatic heterocycles. The average Bonchev–Trinajstić information content (AvgIpc) is 2.97. The van der Waals surface area contributed by atoms with E-state index in [1.54, 1.807) is 49.6 Å². The molecule has 6 nitrogen and oxygen atoms in total. The van der Waals surface area contributed by atoms with Crippen LogP contribution in [0.1, 0.15) is 6.42 Å². The number of nitrogens with one attached hydrogen (secondary N) is 2. The van der Waals surface area contributed by atoms with Gasteiger partial charge in [0.1, 0.15) is 11.0 Å². The minimum absolute atomic E-state index is 0.0219. The Balaban J connectivity index is 1.62. The summed E-state index contributed by atoms with van der Waals surface area (Å²) in [6.45, 7) is 0. The molecule has 27 heavy (non-hydrogen) atoms. The smallest absolute Gasteiger partial charge is 0.240 e. The minimum Gasteiger partial charge on any atom is -0.497 e. The maximum absolute atomic E-state index is 12.2. The van der Waals surface area contributed by atoms with E-state index < -0.39 is 5.25 Å². The number of anilines is 1. The molecule has 1 fully saturated rings. The van der Waals surface area contributed by atoms with E-state index in [0.29, 0.717) is 32.3 Å². The second kappa shape index (κ2) is 8.65. The second-order valence-electron chi connectivity index (χ2n) is 5.60. The van der Waals surface area contributed by atoms with Crippen LogP contribution < -0.4 is 15.4 Å². The van der Waals surface area contributed by atoms with Gasteiger partial charge in [0, 0.05) is 18.2 Å². The average molecular weight is 424 g/mol. The van der Waals surface area contributed by atoms with Gasteiger partial charge in [-0.05, 0) is 30.3 Å². The Hall–Kier alpha value is -2.22. The summed E-state index contributed by atoms with van der Waals surface area (Å²) in [5.74, 6) is 0.100. The number of hydrogen-bond acceptors (Lipinski definition) is 5. The van der Waals surface area contributed by atoms with Crippen molar-refractivity contribution in [3.63, 3.8) is 0 Å². The van der Waals surface area contributed by atoms with Crippen molar-refractivity contribution >= 4 is 63.3 Å². The summed E-state index contributed by atoms with van der Waals surface area (Å²) < 4.78 is 5.12. The molecule has 140 valence electrons. The summed E-state index contributed by atoms with van der Waals surface area (Å²) in [6, 6.07) is 11.9. The molecule has 0 bridgehead atoms. The lowest BCUT2D eigenvalue weighted by Crippen LogP contribution is -2.28. The number of nitrogens with zero attached hydrogens (tertiary/aromatic N) is 1. The molecule has 0 aromatic heterocycles. The normalized spacial score (nSPS) is 17.7. The highest BCUT2D eigenvalue weighted by atomic mass is 35.5. The topological polar surface area (TPSA) is 79.8 Å². The van der Waals surface area contributed by atoms with Gasteiger partial charge in [-0.15, -0.1) is 0 Å². The molecule has 0 spiro atoms. The summed E-state index contributed by atoms with van der Waals surface area (Å²) in [7, 11) is 1.55. The van der Waals surface area contributed by atoms with Crippen molar-refractivity contribution < 1.29 is 14.3 Å². The molecule has 0 saturated carbocycles. The number of ether oxygens (including phenoxy) is 1. The van der Waals surface area contributed by atoms with Crippen molar-refractivity contribution in [1.82, 2.24) is 5.32 Å². The molecule has 2 aromatic rings. The summed E-state index contributed by atoms with van der Waals surface area (Å²) in [5, 5.41) is 6.09. The van der Waals surface area contributed by atoms with E-state index >= 15 is 0 Å². The van der Waals surface area contributed by atoms with Crippen LogP contribution in [0.3, 0.4) is 0 Å². The van der Waals surface area contributed by atoms with E-state index in [-0.39, 0.29) is 18.2 Å². The zero-order valence-electron chi connectivity index (χ0n) is 14.2. The fourth-order valence-corrected chi connectivity index (χ4v) is 3.63. The summed E-state index contributed by atoms with van der Waals surface area (Å²) >= 11 is 13.0. The van der Waals surface area contributed by atoms with Crippen LogP contribution in [0, 0.1) is 0 Å². The summed E-state index contributed by atoms with van der Waals surface area (Å²) in [6.07, 6.45) is 0.0219. The van der Waals surface area contributed by atoms with Crippen LogP contribution in [0.25, 0.3) is 0 Å². The SMILES string of the molecule is COc1cccc(NC(=O)C[C@@H]2SC(=Nc3ccc(Cl)c(Cl)c3)NC2=O)c1. The van der Waals surface area contributed by atoms with Crippen molar-refractivity contribution in [3.05, 3.63) is 52.5 Å². The van der Waals surface area contributed by atoms with Crippen molar-refractivity contribution in [2.45, 2.75) is 11.7 Å². The molecule has 1 atom stereocenters. The Morgan fingerprint density at radius 2 is 2.07 bits per heavy atom. The highest BCUT2D eigenvalue weighted by Crippen LogP contribution is 2.29. The quantitative estimate of drug-likeness (QED) is 0.752. The number of halogens is 2. The lowest BCUT2D eigenvalue weighted by atomic mass is 10.2. The number of hydrogen-bond donors (Lipinski definition) is 2. The van der Waals surface area contributed by atoms with Gasteiger partial charge in [0.05, 0.1) is 22.8 Å². The van der Waals surface area contributed by atoms with E-state index in [1.807, 2.05) is 0 Å². The molecule has 0 unspecified atom stereocenters. The zero-order chi connectivity index (χ0) is 19.4. The molecule has 0 radical (unpaired) electrons. The number of benzene rings is 2. The standard InChI is InChI=1S/C18H15Cl2N3O3S/c1-26-12-4-2-3-10(7-12)21-16(24)9-15-17(25)23-18(27-15)22-11-5-6-13(19)14(20)8-11/h2-8,15H,9H2,1H3,(H,21,24)(H,22,23,25)/t15-/m0/s1. The first-order chi connectivity index (χ1) is 12.9. The molecule has 3 rings (SSSR count). The third-order valence-electron chi connectivity index (χ3n) is 3.63. The third kappa shape index (κ3) is 5.15. The number of methoxy groups -OCH3 is 1. The van der Waals surface area contributed by atoms with Crippen LogP contribution in [-0.4, -0.2) is 29.3 Å². The number of thioether (sulfide) groups is 1. The first-order valence-corrected chi connectivity index (χ1v) is 9.53.